The van der Waals surface area contributed by atoms with Gasteiger partial charge in [0.2, 0.25) is 0 Å². The minimum atomic E-state index is -3.42. The zero-order valence-electron chi connectivity index (χ0n) is 12.0. The van der Waals surface area contributed by atoms with Gasteiger partial charge in [0.25, 0.3) is 0 Å². The number of nitrogens with zero attached hydrogens (tertiary/aromatic N) is 1. The van der Waals surface area contributed by atoms with Crippen molar-refractivity contribution in [2.24, 2.45) is 11.8 Å². The highest BCUT2D eigenvalue weighted by molar-refractivity contribution is 7.92. The smallest absolute Gasteiger partial charge is 0.182 e. The molecule has 3 nitrogen and oxygen atoms in total. The first kappa shape index (κ1) is 15.1. The molecular weight excluding hydrogens is 270 g/mol. The van der Waals surface area contributed by atoms with Crippen molar-refractivity contribution in [3.8, 4) is 6.07 Å². The molecule has 0 heterocycles. The molecule has 1 fully saturated rings. The van der Waals surface area contributed by atoms with Crippen LogP contribution in [-0.4, -0.2) is 13.7 Å². The molecule has 2 rings (SSSR count). The molecule has 4 heteroatoms. The summed E-state index contributed by atoms with van der Waals surface area (Å²) in [6, 6.07) is 9.28. The predicted molar refractivity (Wildman–Crippen MR) is 78.9 cm³/mol. The molecule has 20 heavy (non-hydrogen) atoms. The molecule has 1 aliphatic rings. The molecule has 108 valence electrons. The fraction of sp³-hybridized carbons (Fsp3) is 0.562. The molecule has 0 spiro atoms. The number of sulfone groups is 1. The Kier molecular flexibility index (Phi) is 4.49. The van der Waals surface area contributed by atoms with Crippen LogP contribution in [0.15, 0.2) is 29.2 Å². The van der Waals surface area contributed by atoms with Gasteiger partial charge in [-0.2, -0.15) is 5.26 Å². The molecule has 0 aromatic heterocycles. The molecule has 1 saturated carbocycles. The minimum absolute atomic E-state index is 0.373. The van der Waals surface area contributed by atoms with E-state index in [9.17, 15) is 13.7 Å². The van der Waals surface area contributed by atoms with Gasteiger partial charge in [0.05, 0.1) is 22.1 Å². The summed E-state index contributed by atoms with van der Waals surface area (Å²) in [6.07, 6.45) is 3.27. The minimum Gasteiger partial charge on any atom is -0.223 e. The van der Waals surface area contributed by atoms with Crippen LogP contribution in [-0.2, 0) is 9.84 Å². The molecule has 1 aromatic carbocycles. The Morgan fingerprint density at radius 2 is 2.00 bits per heavy atom. The lowest BCUT2D eigenvalue weighted by atomic mass is 9.81. The molecule has 1 aromatic rings. The zero-order valence-corrected chi connectivity index (χ0v) is 12.9. The Balaban J connectivity index is 2.41. The van der Waals surface area contributed by atoms with E-state index < -0.39 is 15.1 Å². The van der Waals surface area contributed by atoms with Gasteiger partial charge in [-0.25, -0.2) is 8.42 Å². The van der Waals surface area contributed by atoms with Gasteiger partial charge < -0.3 is 0 Å². The summed E-state index contributed by atoms with van der Waals surface area (Å²) < 4.78 is 25.8. The van der Waals surface area contributed by atoms with E-state index in [2.05, 4.69) is 13.0 Å². The maximum absolute atomic E-state index is 12.9. The lowest BCUT2D eigenvalue weighted by molar-refractivity contribution is 0.308. The van der Waals surface area contributed by atoms with Crippen molar-refractivity contribution in [1.29, 1.82) is 5.26 Å². The van der Waals surface area contributed by atoms with Crippen molar-refractivity contribution in [2.75, 3.05) is 0 Å². The van der Waals surface area contributed by atoms with Gasteiger partial charge >= 0.3 is 0 Å². The largest absolute Gasteiger partial charge is 0.223 e. The lowest BCUT2D eigenvalue weighted by Crippen LogP contribution is -2.35. The number of nitriles is 1. The summed E-state index contributed by atoms with van der Waals surface area (Å²) in [4.78, 5) is 0.391. The maximum Gasteiger partial charge on any atom is 0.182 e. The lowest BCUT2D eigenvalue weighted by Gasteiger charge is -2.32. The first-order valence-corrected chi connectivity index (χ1v) is 8.74. The molecule has 0 amide bonds. The van der Waals surface area contributed by atoms with Crippen LogP contribution < -0.4 is 0 Å². The van der Waals surface area contributed by atoms with E-state index in [-0.39, 0.29) is 5.92 Å². The van der Waals surface area contributed by atoms with Crippen LogP contribution in [0.5, 0.6) is 0 Å². The maximum atomic E-state index is 12.9. The molecule has 1 aliphatic carbocycles. The Morgan fingerprint density at radius 1 is 1.30 bits per heavy atom. The van der Waals surface area contributed by atoms with Gasteiger partial charge in [-0.15, -0.1) is 0 Å². The number of benzene rings is 1. The first-order chi connectivity index (χ1) is 9.50. The monoisotopic (exact) mass is 291 g/mol. The molecule has 0 saturated heterocycles. The fourth-order valence-electron chi connectivity index (χ4n) is 3.11. The zero-order chi connectivity index (χ0) is 14.8. The summed E-state index contributed by atoms with van der Waals surface area (Å²) >= 11 is 0. The Bertz CT molecular complexity index is 616. The van der Waals surface area contributed by atoms with Gasteiger partial charge in [0, 0.05) is 0 Å². The number of rotatable bonds is 3. The van der Waals surface area contributed by atoms with Crippen molar-refractivity contribution >= 4 is 9.84 Å². The Hall–Kier alpha value is -1.34. The van der Waals surface area contributed by atoms with Gasteiger partial charge in [-0.1, -0.05) is 31.5 Å². The van der Waals surface area contributed by atoms with E-state index in [1.807, 2.05) is 19.1 Å². The molecule has 3 atom stereocenters. The van der Waals surface area contributed by atoms with Gasteiger partial charge in [-0.3, -0.25) is 0 Å². The molecule has 3 unspecified atom stereocenters. The van der Waals surface area contributed by atoms with E-state index in [0.717, 1.165) is 18.4 Å². The van der Waals surface area contributed by atoms with Gasteiger partial charge in [0.1, 0.15) is 0 Å². The second-order valence-corrected chi connectivity index (χ2v) is 7.81. The van der Waals surface area contributed by atoms with Gasteiger partial charge in [-0.05, 0) is 43.7 Å². The third-order valence-electron chi connectivity index (χ3n) is 4.44. The van der Waals surface area contributed by atoms with Crippen LogP contribution in [0.2, 0.25) is 0 Å². The average Bonchev–Trinajstić information content (AvgIpc) is 2.46. The fourth-order valence-corrected chi connectivity index (χ4v) is 5.38. The van der Waals surface area contributed by atoms with Crippen LogP contribution in [0.1, 0.15) is 38.2 Å². The number of hydrogen-bond donors (Lipinski definition) is 0. The van der Waals surface area contributed by atoms with Crippen LogP contribution >= 0.6 is 0 Å². The standard InChI is InChI=1S/C16H21NO2S/c1-3-13-8-9-14(11-17)16(10-13)20(18,19)15-7-5-4-6-12(15)2/h4-7,13-14,16H,3,8-10H2,1-2H3. The van der Waals surface area contributed by atoms with Crippen LogP contribution in [0, 0.1) is 30.1 Å². The van der Waals surface area contributed by atoms with Gasteiger partial charge in [0.15, 0.2) is 9.84 Å². The summed E-state index contributed by atoms with van der Waals surface area (Å²) in [7, 11) is -3.42. The molecule has 0 bridgehead atoms. The number of aryl methyl sites for hydroxylation is 1. The first-order valence-electron chi connectivity index (χ1n) is 7.19. The quantitative estimate of drug-likeness (QED) is 0.856. The predicted octanol–water partition coefficient (Wildman–Crippen LogP) is 3.49. The molecule has 0 radical (unpaired) electrons. The SMILES string of the molecule is CCC1CCC(C#N)C(S(=O)(=O)c2ccccc2C)C1. The highest BCUT2D eigenvalue weighted by Gasteiger charge is 2.39. The molecule has 0 N–H and O–H groups in total. The topological polar surface area (TPSA) is 57.9 Å². The van der Waals surface area contributed by atoms with Crippen molar-refractivity contribution in [3.63, 3.8) is 0 Å². The summed E-state index contributed by atoms with van der Waals surface area (Å²) in [5.74, 6) is 0.0470. The van der Waals surface area contributed by atoms with Crippen molar-refractivity contribution in [1.82, 2.24) is 0 Å². The Morgan fingerprint density at radius 3 is 2.60 bits per heavy atom. The second-order valence-electron chi connectivity index (χ2n) is 5.67. The molecular formula is C16H21NO2S. The molecule has 0 aliphatic heterocycles. The van der Waals surface area contributed by atoms with Crippen LogP contribution in [0.25, 0.3) is 0 Å². The third-order valence-corrected chi connectivity index (χ3v) is 6.83. The number of hydrogen-bond acceptors (Lipinski definition) is 3. The summed E-state index contributed by atoms with van der Waals surface area (Å²) in [5.41, 5.74) is 0.766. The van der Waals surface area contributed by atoms with E-state index in [1.165, 1.54) is 0 Å². The van der Waals surface area contributed by atoms with E-state index in [4.69, 9.17) is 0 Å². The second kappa shape index (κ2) is 5.97. The van der Waals surface area contributed by atoms with E-state index in [1.54, 1.807) is 12.1 Å². The highest BCUT2D eigenvalue weighted by Crippen LogP contribution is 2.37. The summed E-state index contributed by atoms with van der Waals surface area (Å²) in [5, 5.41) is 8.74. The van der Waals surface area contributed by atoms with Crippen molar-refractivity contribution < 1.29 is 8.42 Å². The van der Waals surface area contributed by atoms with Crippen LogP contribution in [0.4, 0.5) is 0 Å². The van der Waals surface area contributed by atoms with Crippen molar-refractivity contribution in [3.05, 3.63) is 29.8 Å². The van der Waals surface area contributed by atoms with Crippen LogP contribution in [0.3, 0.4) is 0 Å². The van der Waals surface area contributed by atoms with E-state index >= 15 is 0 Å². The summed E-state index contributed by atoms with van der Waals surface area (Å²) in [6.45, 7) is 3.91. The normalized spacial score (nSPS) is 26.9. The van der Waals surface area contributed by atoms with E-state index in [0.29, 0.717) is 23.7 Å². The van der Waals surface area contributed by atoms with Crippen molar-refractivity contribution in [2.45, 2.75) is 49.7 Å². The highest BCUT2D eigenvalue weighted by atomic mass is 32.2. The third kappa shape index (κ3) is 2.73. The average molecular weight is 291 g/mol. The Labute approximate surface area is 121 Å².